The van der Waals surface area contributed by atoms with Crippen LogP contribution in [0.1, 0.15) is 39.1 Å². The van der Waals surface area contributed by atoms with Gasteiger partial charge in [-0.15, -0.1) is 0 Å². The number of amides is 5. The zero-order chi connectivity index (χ0) is 35.9. The summed E-state index contributed by atoms with van der Waals surface area (Å²) in [5, 5.41) is 5.58. The van der Waals surface area contributed by atoms with Crippen LogP contribution in [-0.2, 0) is 14.4 Å². The number of carbonyl (C=O) groups is 5. The lowest BCUT2D eigenvalue weighted by Gasteiger charge is -2.36. The van der Waals surface area contributed by atoms with Crippen LogP contribution in [0, 0.1) is 6.92 Å². The van der Waals surface area contributed by atoms with Gasteiger partial charge in [-0.05, 0) is 61.9 Å². The molecule has 0 aliphatic carbocycles. The van der Waals surface area contributed by atoms with E-state index in [1.165, 1.54) is 23.8 Å². The maximum Gasteiger partial charge on any atom is 0.262 e. The van der Waals surface area contributed by atoms with Crippen molar-refractivity contribution in [3.8, 4) is 17.0 Å². The number of nitrogens with zero attached hydrogens (tertiary/aromatic N) is 6. The van der Waals surface area contributed by atoms with Crippen LogP contribution in [0.15, 0.2) is 85.3 Å². The van der Waals surface area contributed by atoms with Crippen LogP contribution in [0.25, 0.3) is 16.9 Å². The number of piperidine rings is 1. The summed E-state index contributed by atoms with van der Waals surface area (Å²) in [6.45, 7) is 4.13. The van der Waals surface area contributed by atoms with E-state index in [4.69, 9.17) is 9.72 Å². The second kappa shape index (κ2) is 13.3. The number of fused-ring (bicyclic) bond motifs is 2. The molecule has 52 heavy (non-hydrogen) atoms. The molecule has 14 heteroatoms. The molecule has 262 valence electrons. The lowest BCUT2D eigenvalue weighted by molar-refractivity contribution is -0.136. The molecule has 5 amide bonds. The van der Waals surface area contributed by atoms with E-state index in [1.807, 2.05) is 47.1 Å². The van der Waals surface area contributed by atoms with E-state index < -0.39 is 29.7 Å². The van der Waals surface area contributed by atoms with Gasteiger partial charge in [-0.1, -0.05) is 23.8 Å². The average Bonchev–Trinajstić information content (AvgIpc) is 3.74. The molecule has 1 atom stereocenters. The van der Waals surface area contributed by atoms with Crippen molar-refractivity contribution >= 4 is 52.4 Å². The van der Waals surface area contributed by atoms with Crippen LogP contribution >= 0.6 is 0 Å². The number of piperazine rings is 1. The molecule has 14 nitrogen and oxygen atoms in total. The summed E-state index contributed by atoms with van der Waals surface area (Å²) in [6, 6.07) is 19.7. The topological polar surface area (TPSA) is 159 Å². The van der Waals surface area contributed by atoms with E-state index in [9.17, 15) is 24.0 Å². The van der Waals surface area contributed by atoms with Gasteiger partial charge >= 0.3 is 0 Å². The minimum absolute atomic E-state index is 0.0394. The van der Waals surface area contributed by atoms with Crippen LogP contribution in [-0.4, -0.2) is 92.5 Å². The number of nitrogens with one attached hydrogen (secondary N) is 2. The number of hydrogen-bond donors (Lipinski definition) is 2. The highest BCUT2D eigenvalue weighted by Gasteiger charge is 2.44. The third-order valence-electron chi connectivity index (χ3n) is 9.64. The summed E-state index contributed by atoms with van der Waals surface area (Å²) >= 11 is 0. The SMILES string of the molecule is Cc1cccc(-c2cnc(Nc3ccc(N4CCN(C(=O)COc5ccc6c(c5)C(=O)N(C5CCC(=O)NC5=O)C6=O)CC4)cc3)c3nccn23)c1. The first-order chi connectivity index (χ1) is 25.2. The summed E-state index contributed by atoms with van der Waals surface area (Å²) in [5.74, 6) is -1.63. The molecule has 2 fully saturated rings. The summed E-state index contributed by atoms with van der Waals surface area (Å²) < 4.78 is 7.77. The highest BCUT2D eigenvalue weighted by Crippen LogP contribution is 2.31. The molecule has 8 rings (SSSR count). The van der Waals surface area contributed by atoms with Gasteiger partial charge in [-0.25, -0.2) is 9.97 Å². The van der Waals surface area contributed by atoms with Crippen molar-refractivity contribution in [3.63, 3.8) is 0 Å². The molecule has 2 saturated heterocycles. The molecule has 2 N–H and O–H groups in total. The number of aryl methyl sites for hydroxylation is 1. The van der Waals surface area contributed by atoms with Gasteiger partial charge in [0.15, 0.2) is 18.1 Å². The second-order valence-electron chi connectivity index (χ2n) is 13.0. The van der Waals surface area contributed by atoms with Crippen molar-refractivity contribution in [2.24, 2.45) is 0 Å². The molecule has 2 aromatic heterocycles. The summed E-state index contributed by atoms with van der Waals surface area (Å²) in [4.78, 5) is 77.1. The predicted molar refractivity (Wildman–Crippen MR) is 190 cm³/mol. The first-order valence-corrected chi connectivity index (χ1v) is 17.0. The summed E-state index contributed by atoms with van der Waals surface area (Å²) in [7, 11) is 0. The van der Waals surface area contributed by atoms with Gasteiger partial charge < -0.3 is 19.9 Å². The number of ether oxygens (including phenoxy) is 1. The molecular weight excluding hydrogens is 664 g/mol. The highest BCUT2D eigenvalue weighted by atomic mass is 16.5. The molecule has 5 aromatic rings. The average molecular weight is 699 g/mol. The third-order valence-corrected chi connectivity index (χ3v) is 9.64. The molecule has 3 aliphatic heterocycles. The lowest BCUT2D eigenvalue weighted by atomic mass is 10.0. The Hall–Kier alpha value is -6.57. The molecule has 1 unspecified atom stereocenters. The van der Waals surface area contributed by atoms with Gasteiger partial charge in [-0.3, -0.25) is 38.6 Å². The normalized spacial score (nSPS) is 17.4. The fourth-order valence-electron chi connectivity index (χ4n) is 6.91. The molecular formula is C38H34N8O6. The summed E-state index contributed by atoms with van der Waals surface area (Å²) in [5.41, 5.74) is 6.07. The van der Waals surface area contributed by atoms with Gasteiger partial charge in [0.1, 0.15) is 11.8 Å². The Labute approximate surface area is 298 Å². The van der Waals surface area contributed by atoms with E-state index in [0.29, 0.717) is 32.0 Å². The fourth-order valence-corrected chi connectivity index (χ4v) is 6.91. The zero-order valence-corrected chi connectivity index (χ0v) is 28.2. The number of anilines is 3. The van der Waals surface area contributed by atoms with Crippen LogP contribution in [0.2, 0.25) is 0 Å². The van der Waals surface area contributed by atoms with Crippen molar-refractivity contribution in [1.82, 2.24) is 29.5 Å². The number of hydrogen-bond acceptors (Lipinski definition) is 10. The maximum atomic E-state index is 13.1. The van der Waals surface area contributed by atoms with Crippen LogP contribution in [0.4, 0.5) is 17.2 Å². The quantitative estimate of drug-likeness (QED) is 0.230. The van der Waals surface area contributed by atoms with Crippen molar-refractivity contribution in [1.29, 1.82) is 0 Å². The smallest absolute Gasteiger partial charge is 0.262 e. The van der Waals surface area contributed by atoms with Gasteiger partial charge in [-0.2, -0.15) is 0 Å². The lowest BCUT2D eigenvalue weighted by Crippen LogP contribution is -2.54. The molecule has 0 radical (unpaired) electrons. The fraction of sp³-hybridized carbons (Fsp3) is 0.237. The third kappa shape index (κ3) is 6.08. The number of carbonyl (C=O) groups excluding carboxylic acids is 5. The van der Waals surface area contributed by atoms with E-state index in [2.05, 4.69) is 45.6 Å². The molecule has 0 bridgehead atoms. The molecule has 0 spiro atoms. The van der Waals surface area contributed by atoms with Gasteiger partial charge in [0, 0.05) is 61.9 Å². The Balaban J connectivity index is 0.847. The predicted octanol–water partition coefficient (Wildman–Crippen LogP) is 3.58. The molecule has 3 aliphatic rings. The maximum absolute atomic E-state index is 13.1. The summed E-state index contributed by atoms with van der Waals surface area (Å²) in [6.07, 6.45) is 5.65. The van der Waals surface area contributed by atoms with Crippen molar-refractivity contribution < 1.29 is 28.7 Å². The minimum Gasteiger partial charge on any atom is -0.484 e. The van der Waals surface area contributed by atoms with Gasteiger partial charge in [0.25, 0.3) is 17.7 Å². The standard InChI is InChI=1S/C38H34N8O6/c1-23-3-2-4-24(19-23)31-21-40-34(35-39-13-14-45(31)35)41-25-5-7-26(8-6-25)43-15-17-44(18-16-43)33(48)22-52-27-9-10-28-29(20-27)38(51)46(37(28)50)30-11-12-32(47)42-36(30)49/h2-10,13-14,19-21,30H,11-12,15-18,22H2,1H3,(H,40,41)(H,42,47,49). The highest BCUT2D eigenvalue weighted by molar-refractivity contribution is 6.23. The van der Waals surface area contributed by atoms with E-state index >= 15 is 0 Å². The van der Waals surface area contributed by atoms with Crippen LogP contribution in [0.3, 0.4) is 0 Å². The minimum atomic E-state index is -1.05. The Morgan fingerprint density at radius 3 is 2.48 bits per heavy atom. The van der Waals surface area contributed by atoms with E-state index in [0.717, 1.165) is 33.2 Å². The Morgan fingerprint density at radius 1 is 0.923 bits per heavy atom. The van der Waals surface area contributed by atoms with Gasteiger partial charge in [0.05, 0.1) is 23.0 Å². The molecule has 3 aromatic carbocycles. The number of imidazole rings is 1. The van der Waals surface area contributed by atoms with Gasteiger partial charge in [0.2, 0.25) is 11.8 Å². The Bertz CT molecular complexity index is 2260. The van der Waals surface area contributed by atoms with Crippen LogP contribution in [0.5, 0.6) is 5.75 Å². The second-order valence-corrected chi connectivity index (χ2v) is 13.0. The molecule has 5 heterocycles. The number of imide groups is 2. The van der Waals surface area contributed by atoms with Crippen LogP contribution < -0.4 is 20.3 Å². The number of benzene rings is 3. The first-order valence-electron chi connectivity index (χ1n) is 17.0. The Kier molecular flexibility index (Phi) is 8.33. The Morgan fingerprint density at radius 2 is 1.71 bits per heavy atom. The van der Waals surface area contributed by atoms with Crippen molar-refractivity contribution in [2.75, 3.05) is 43.0 Å². The first kappa shape index (κ1) is 32.6. The van der Waals surface area contributed by atoms with E-state index in [-0.39, 0.29) is 42.2 Å². The monoisotopic (exact) mass is 698 g/mol. The largest absolute Gasteiger partial charge is 0.484 e. The van der Waals surface area contributed by atoms with Crippen molar-refractivity contribution in [3.05, 3.63) is 102 Å². The van der Waals surface area contributed by atoms with Crippen molar-refractivity contribution in [2.45, 2.75) is 25.8 Å². The molecule has 0 saturated carbocycles. The zero-order valence-electron chi connectivity index (χ0n) is 28.2. The number of rotatable bonds is 8. The number of aromatic nitrogens is 3. The van der Waals surface area contributed by atoms with E-state index in [1.54, 1.807) is 11.1 Å².